The van der Waals surface area contributed by atoms with Crippen molar-refractivity contribution < 1.29 is 9.53 Å². The van der Waals surface area contributed by atoms with Crippen LogP contribution in [0.1, 0.15) is 22.8 Å². The molecule has 0 aliphatic carbocycles. The zero-order valence-electron chi connectivity index (χ0n) is 18.3. The van der Waals surface area contributed by atoms with Gasteiger partial charge >= 0.3 is 209 Å². The molecule has 0 fully saturated rings. The first kappa shape index (κ1) is 23.7. The Morgan fingerprint density at radius 3 is 1.64 bits per heavy atom. The van der Waals surface area contributed by atoms with Crippen LogP contribution in [0.15, 0.2) is 109 Å². The normalized spacial score (nSPS) is 12.5. The SMILES string of the molecule is CCOC(=O)c1ccc(CP(Br)(c2ccccc2)(c2ccccc2)c2ccccc2)cc1Cl. The van der Waals surface area contributed by atoms with Crippen molar-refractivity contribution in [3.05, 3.63) is 125 Å². The van der Waals surface area contributed by atoms with Crippen molar-refractivity contribution in [1.29, 1.82) is 0 Å². The topological polar surface area (TPSA) is 26.3 Å². The van der Waals surface area contributed by atoms with Crippen molar-refractivity contribution in [2.75, 3.05) is 6.61 Å². The number of hydrogen-bond acceptors (Lipinski definition) is 2. The molecule has 5 heteroatoms. The first-order valence-electron chi connectivity index (χ1n) is 10.8. The molecule has 4 aromatic carbocycles. The van der Waals surface area contributed by atoms with Crippen molar-refractivity contribution in [2.24, 2.45) is 0 Å². The summed E-state index contributed by atoms with van der Waals surface area (Å²) in [5, 5.41) is 0.956. The molecular formula is C28H25BrClO2P. The predicted molar refractivity (Wildman–Crippen MR) is 145 cm³/mol. The Labute approximate surface area is 208 Å². The van der Waals surface area contributed by atoms with Crippen LogP contribution in [-0.4, -0.2) is 12.6 Å². The minimum atomic E-state index is -3.13. The van der Waals surface area contributed by atoms with Crippen molar-refractivity contribution in [1.82, 2.24) is 0 Å². The van der Waals surface area contributed by atoms with Gasteiger partial charge in [0.1, 0.15) is 0 Å². The van der Waals surface area contributed by atoms with E-state index >= 15 is 0 Å². The molecule has 0 aliphatic heterocycles. The summed E-state index contributed by atoms with van der Waals surface area (Å²) in [6, 6.07) is 37.4. The van der Waals surface area contributed by atoms with E-state index in [0.29, 0.717) is 23.4 Å². The summed E-state index contributed by atoms with van der Waals surface area (Å²) in [5.74, 6) is -0.403. The van der Waals surface area contributed by atoms with E-state index < -0.39 is 11.3 Å². The van der Waals surface area contributed by atoms with E-state index in [2.05, 4.69) is 88.3 Å². The number of rotatable bonds is 7. The molecule has 0 radical (unpaired) electrons. The minimum absolute atomic E-state index is 0.310. The van der Waals surface area contributed by atoms with E-state index in [1.807, 2.05) is 30.3 Å². The van der Waals surface area contributed by atoms with Gasteiger partial charge in [-0.2, -0.15) is 0 Å². The van der Waals surface area contributed by atoms with E-state index in [9.17, 15) is 4.79 Å². The zero-order valence-corrected chi connectivity index (χ0v) is 21.6. The van der Waals surface area contributed by atoms with Crippen LogP contribution in [0.25, 0.3) is 0 Å². The number of ether oxygens (including phenoxy) is 1. The summed E-state index contributed by atoms with van der Waals surface area (Å²) < 4.78 is 5.15. The van der Waals surface area contributed by atoms with Gasteiger partial charge in [-0.05, 0) is 0 Å². The van der Waals surface area contributed by atoms with Gasteiger partial charge in [0, 0.05) is 0 Å². The Balaban J connectivity index is 1.96. The van der Waals surface area contributed by atoms with Gasteiger partial charge in [0.2, 0.25) is 0 Å². The van der Waals surface area contributed by atoms with Gasteiger partial charge in [-0.15, -0.1) is 0 Å². The molecule has 0 unspecified atom stereocenters. The fourth-order valence-electron chi connectivity index (χ4n) is 4.31. The second-order valence-electron chi connectivity index (χ2n) is 7.88. The van der Waals surface area contributed by atoms with Crippen LogP contribution in [0, 0.1) is 0 Å². The summed E-state index contributed by atoms with van der Waals surface area (Å²) in [6.45, 7) is 2.10. The maximum atomic E-state index is 12.3. The van der Waals surface area contributed by atoms with E-state index in [4.69, 9.17) is 16.3 Å². The van der Waals surface area contributed by atoms with E-state index in [1.54, 1.807) is 13.0 Å². The average Bonchev–Trinajstić information content (AvgIpc) is 2.86. The third-order valence-corrected chi connectivity index (χ3v) is 15.7. The Morgan fingerprint density at radius 1 is 0.788 bits per heavy atom. The molecule has 4 aromatic rings. The Hall–Kier alpha value is -2.45. The molecule has 0 heterocycles. The van der Waals surface area contributed by atoms with Crippen LogP contribution in [0.4, 0.5) is 0 Å². The quantitative estimate of drug-likeness (QED) is 0.190. The monoisotopic (exact) mass is 538 g/mol. The van der Waals surface area contributed by atoms with Crippen molar-refractivity contribution in [3.8, 4) is 0 Å². The molecule has 0 spiro atoms. The third kappa shape index (κ3) is 4.38. The molecule has 0 bridgehead atoms. The molecule has 2 nitrogen and oxygen atoms in total. The molecule has 0 aromatic heterocycles. The molecular weight excluding hydrogens is 515 g/mol. The number of halogens is 2. The first-order valence-corrected chi connectivity index (χ1v) is 15.6. The molecule has 168 valence electrons. The molecule has 4 rings (SSSR count). The Kier molecular flexibility index (Phi) is 7.05. The third-order valence-electron chi connectivity index (χ3n) is 5.89. The van der Waals surface area contributed by atoms with Gasteiger partial charge in [0.25, 0.3) is 0 Å². The van der Waals surface area contributed by atoms with Gasteiger partial charge in [-0.3, -0.25) is 0 Å². The van der Waals surface area contributed by atoms with Crippen molar-refractivity contribution >= 4 is 54.3 Å². The van der Waals surface area contributed by atoms with Gasteiger partial charge in [-0.1, -0.05) is 0 Å². The number of esters is 1. The van der Waals surface area contributed by atoms with Gasteiger partial charge < -0.3 is 0 Å². The molecule has 0 atom stereocenters. The standard InChI is InChI=1S/C28H25BrClO2P/c1-2-32-28(31)26-19-18-22(20-27(26)30)21-33(29,23-12-6-3-7-13-23,24-14-8-4-9-15-24)25-16-10-5-11-17-25/h3-20H,2,21H2,1H3. The number of carbonyl (C=O) groups excluding carboxylic acids is 1. The van der Waals surface area contributed by atoms with Gasteiger partial charge in [0.15, 0.2) is 0 Å². The molecule has 0 aliphatic rings. The number of carbonyl (C=O) groups is 1. The maximum absolute atomic E-state index is 12.3. The molecule has 0 amide bonds. The van der Waals surface area contributed by atoms with Crippen LogP contribution < -0.4 is 15.9 Å². The van der Waals surface area contributed by atoms with Crippen LogP contribution in [0.2, 0.25) is 5.02 Å². The molecule has 0 N–H and O–H groups in total. The molecule has 33 heavy (non-hydrogen) atoms. The van der Waals surface area contributed by atoms with Gasteiger partial charge in [-0.25, -0.2) is 0 Å². The second kappa shape index (κ2) is 9.81. The van der Waals surface area contributed by atoms with Crippen LogP contribution in [0.5, 0.6) is 0 Å². The second-order valence-corrected chi connectivity index (χ2v) is 17.2. The van der Waals surface area contributed by atoms with Gasteiger partial charge in [0.05, 0.1) is 0 Å². The number of benzene rings is 4. The summed E-state index contributed by atoms with van der Waals surface area (Å²) in [6.07, 6.45) is 0.701. The fourth-order valence-corrected chi connectivity index (χ4v) is 12.3. The van der Waals surface area contributed by atoms with E-state index in [0.717, 1.165) is 5.56 Å². The predicted octanol–water partition coefficient (Wildman–Crippen LogP) is 6.86. The zero-order chi connectivity index (χ0) is 23.3. The fraction of sp³-hybridized carbons (Fsp3) is 0.107. The van der Waals surface area contributed by atoms with E-state index in [1.165, 1.54) is 15.9 Å². The van der Waals surface area contributed by atoms with Crippen molar-refractivity contribution in [3.63, 3.8) is 0 Å². The van der Waals surface area contributed by atoms with Crippen LogP contribution >= 0.6 is 32.4 Å². The first-order chi connectivity index (χ1) is 16.0. The summed E-state index contributed by atoms with van der Waals surface area (Å²) in [5.41, 5.74) is 1.43. The Morgan fingerprint density at radius 2 is 1.24 bits per heavy atom. The van der Waals surface area contributed by atoms with Crippen molar-refractivity contribution in [2.45, 2.75) is 13.1 Å². The summed E-state index contributed by atoms with van der Waals surface area (Å²) in [4.78, 5) is 12.3. The molecule has 0 saturated carbocycles. The Bertz CT molecular complexity index is 1150. The summed E-state index contributed by atoms with van der Waals surface area (Å²) >= 11 is 11.0. The number of hydrogen-bond donors (Lipinski definition) is 0. The summed E-state index contributed by atoms with van der Waals surface area (Å²) in [7, 11) is 0. The van der Waals surface area contributed by atoms with E-state index in [-0.39, 0.29) is 0 Å². The average molecular weight is 540 g/mol. The van der Waals surface area contributed by atoms with Crippen LogP contribution in [-0.2, 0) is 10.9 Å². The molecule has 0 saturated heterocycles. The van der Waals surface area contributed by atoms with Crippen LogP contribution in [0.3, 0.4) is 0 Å².